The van der Waals surface area contributed by atoms with E-state index in [2.05, 4.69) is 33.9 Å². The molecule has 0 saturated carbocycles. The Morgan fingerprint density at radius 1 is 1.33 bits per heavy atom. The summed E-state index contributed by atoms with van der Waals surface area (Å²) < 4.78 is 2.33. The molecule has 0 aliphatic carbocycles. The minimum atomic E-state index is 0.146. The molecule has 0 unspecified atom stereocenters. The van der Waals surface area contributed by atoms with E-state index >= 15 is 0 Å². The van der Waals surface area contributed by atoms with Crippen LogP contribution in [0.4, 0.5) is 0 Å². The SMILES string of the molecule is N#C[C@H]1CCC[C@H]2c3cccn3CCN12. The van der Waals surface area contributed by atoms with Crippen molar-refractivity contribution in [2.45, 2.75) is 37.9 Å². The summed E-state index contributed by atoms with van der Waals surface area (Å²) >= 11 is 0. The fourth-order valence-corrected chi connectivity index (χ4v) is 2.98. The number of nitrogens with zero attached hydrogens (tertiary/aromatic N) is 3. The lowest BCUT2D eigenvalue weighted by Crippen LogP contribution is -2.46. The van der Waals surface area contributed by atoms with Crippen molar-refractivity contribution in [3.05, 3.63) is 24.0 Å². The molecule has 0 radical (unpaired) electrons. The van der Waals surface area contributed by atoms with Gasteiger partial charge in [-0.1, -0.05) is 0 Å². The summed E-state index contributed by atoms with van der Waals surface area (Å²) in [6.07, 6.45) is 5.60. The zero-order valence-electron chi connectivity index (χ0n) is 8.76. The minimum absolute atomic E-state index is 0.146. The molecule has 3 heterocycles. The molecule has 1 fully saturated rings. The predicted molar refractivity (Wildman–Crippen MR) is 57.1 cm³/mol. The van der Waals surface area contributed by atoms with E-state index in [-0.39, 0.29) is 6.04 Å². The Kier molecular flexibility index (Phi) is 2.03. The van der Waals surface area contributed by atoms with Crippen molar-refractivity contribution in [1.82, 2.24) is 9.47 Å². The molecule has 3 rings (SSSR count). The first kappa shape index (κ1) is 8.99. The van der Waals surface area contributed by atoms with E-state index in [0.717, 1.165) is 19.5 Å². The molecule has 0 aromatic carbocycles. The molecule has 3 nitrogen and oxygen atoms in total. The van der Waals surface area contributed by atoms with E-state index in [1.165, 1.54) is 18.5 Å². The Bertz CT molecular complexity index is 401. The van der Waals surface area contributed by atoms with Gasteiger partial charge in [0.1, 0.15) is 0 Å². The molecule has 0 bridgehead atoms. The van der Waals surface area contributed by atoms with Crippen molar-refractivity contribution in [3.63, 3.8) is 0 Å². The van der Waals surface area contributed by atoms with Gasteiger partial charge < -0.3 is 4.57 Å². The highest BCUT2D eigenvalue weighted by Gasteiger charge is 2.35. The number of rotatable bonds is 0. The summed E-state index contributed by atoms with van der Waals surface area (Å²) in [6, 6.07) is 7.41. The second-order valence-electron chi connectivity index (χ2n) is 4.46. The van der Waals surface area contributed by atoms with Gasteiger partial charge in [-0.15, -0.1) is 0 Å². The molecule has 15 heavy (non-hydrogen) atoms. The van der Waals surface area contributed by atoms with Crippen molar-refractivity contribution < 1.29 is 0 Å². The lowest BCUT2D eigenvalue weighted by atomic mass is 9.93. The van der Waals surface area contributed by atoms with Crippen LogP contribution in [0.3, 0.4) is 0 Å². The zero-order chi connectivity index (χ0) is 10.3. The predicted octanol–water partition coefficient (Wildman–Crippen LogP) is 1.92. The monoisotopic (exact) mass is 201 g/mol. The second kappa shape index (κ2) is 3.39. The average Bonchev–Trinajstić information content (AvgIpc) is 2.76. The van der Waals surface area contributed by atoms with Crippen LogP contribution in [-0.2, 0) is 6.54 Å². The van der Waals surface area contributed by atoms with E-state index in [0.29, 0.717) is 6.04 Å². The molecule has 2 aliphatic rings. The smallest absolute Gasteiger partial charge is 0.0984 e. The highest BCUT2D eigenvalue weighted by atomic mass is 15.3. The van der Waals surface area contributed by atoms with Gasteiger partial charge in [-0.25, -0.2) is 0 Å². The third-order valence-corrected chi connectivity index (χ3v) is 3.71. The Labute approximate surface area is 89.9 Å². The van der Waals surface area contributed by atoms with Gasteiger partial charge in [0, 0.05) is 25.0 Å². The molecule has 0 spiro atoms. The average molecular weight is 201 g/mol. The largest absolute Gasteiger partial charge is 0.349 e. The molecule has 1 aromatic heterocycles. The van der Waals surface area contributed by atoms with Gasteiger partial charge in [-0.2, -0.15) is 5.26 Å². The quantitative estimate of drug-likeness (QED) is 0.642. The fraction of sp³-hybridized carbons (Fsp3) is 0.583. The standard InChI is InChI=1S/C12H15N3/c13-9-10-3-1-4-12-11-5-2-6-14(11)7-8-15(10)12/h2,5-6,10,12H,1,3-4,7-8H2/t10-,12+/m1/s1. The summed E-state index contributed by atoms with van der Waals surface area (Å²) in [7, 11) is 0. The summed E-state index contributed by atoms with van der Waals surface area (Å²) in [5, 5.41) is 9.13. The van der Waals surface area contributed by atoms with Gasteiger partial charge in [-0.05, 0) is 31.4 Å². The summed E-state index contributed by atoms with van der Waals surface area (Å²) in [6.45, 7) is 2.07. The first-order valence-corrected chi connectivity index (χ1v) is 5.70. The van der Waals surface area contributed by atoms with Crippen LogP contribution in [-0.4, -0.2) is 22.1 Å². The number of piperidine rings is 1. The molecule has 0 N–H and O–H groups in total. The van der Waals surface area contributed by atoms with Gasteiger partial charge in [0.25, 0.3) is 0 Å². The normalized spacial score (nSPS) is 30.3. The molecule has 78 valence electrons. The number of hydrogen-bond donors (Lipinski definition) is 0. The lowest BCUT2D eigenvalue weighted by Gasteiger charge is -2.42. The van der Waals surface area contributed by atoms with Crippen LogP contribution in [0.5, 0.6) is 0 Å². The maximum atomic E-state index is 9.13. The van der Waals surface area contributed by atoms with Gasteiger partial charge in [0.15, 0.2) is 0 Å². The van der Waals surface area contributed by atoms with E-state index in [1.807, 2.05) is 0 Å². The van der Waals surface area contributed by atoms with Crippen molar-refractivity contribution in [2.75, 3.05) is 6.54 Å². The number of hydrogen-bond acceptors (Lipinski definition) is 2. The summed E-state index contributed by atoms with van der Waals surface area (Å²) in [5.41, 5.74) is 1.40. The van der Waals surface area contributed by atoms with Crippen molar-refractivity contribution >= 4 is 0 Å². The first-order valence-electron chi connectivity index (χ1n) is 5.70. The number of nitriles is 1. The minimum Gasteiger partial charge on any atom is -0.349 e. The number of aromatic nitrogens is 1. The third-order valence-electron chi connectivity index (χ3n) is 3.71. The lowest BCUT2D eigenvalue weighted by molar-refractivity contribution is 0.0832. The summed E-state index contributed by atoms with van der Waals surface area (Å²) in [5.74, 6) is 0. The van der Waals surface area contributed by atoms with Gasteiger partial charge in [0.05, 0.1) is 18.2 Å². The van der Waals surface area contributed by atoms with Crippen LogP contribution in [0.15, 0.2) is 18.3 Å². The van der Waals surface area contributed by atoms with E-state index in [1.54, 1.807) is 0 Å². The molecular formula is C12H15N3. The van der Waals surface area contributed by atoms with Crippen LogP contribution >= 0.6 is 0 Å². The molecule has 2 atom stereocenters. The second-order valence-corrected chi connectivity index (χ2v) is 4.46. The van der Waals surface area contributed by atoms with Crippen LogP contribution in [0, 0.1) is 11.3 Å². The molecule has 1 aromatic rings. The van der Waals surface area contributed by atoms with Gasteiger partial charge in [-0.3, -0.25) is 4.90 Å². The van der Waals surface area contributed by atoms with E-state index in [9.17, 15) is 0 Å². The maximum absolute atomic E-state index is 9.13. The Balaban J connectivity index is 1.96. The van der Waals surface area contributed by atoms with Crippen LogP contribution in [0.2, 0.25) is 0 Å². The van der Waals surface area contributed by atoms with Crippen LogP contribution < -0.4 is 0 Å². The highest BCUT2D eigenvalue weighted by molar-refractivity contribution is 5.17. The van der Waals surface area contributed by atoms with Gasteiger partial charge >= 0.3 is 0 Å². The zero-order valence-corrected chi connectivity index (χ0v) is 8.76. The van der Waals surface area contributed by atoms with E-state index < -0.39 is 0 Å². The Morgan fingerprint density at radius 2 is 2.27 bits per heavy atom. The Morgan fingerprint density at radius 3 is 3.13 bits per heavy atom. The highest BCUT2D eigenvalue weighted by Crippen LogP contribution is 2.36. The van der Waals surface area contributed by atoms with Crippen LogP contribution in [0.25, 0.3) is 0 Å². The Hall–Kier alpha value is -1.27. The first-order chi connectivity index (χ1) is 7.40. The maximum Gasteiger partial charge on any atom is 0.0984 e. The molecule has 0 amide bonds. The van der Waals surface area contributed by atoms with Crippen molar-refractivity contribution in [1.29, 1.82) is 5.26 Å². The molecule has 2 aliphatic heterocycles. The van der Waals surface area contributed by atoms with Crippen molar-refractivity contribution in [2.24, 2.45) is 0 Å². The van der Waals surface area contributed by atoms with E-state index in [4.69, 9.17) is 5.26 Å². The molecular weight excluding hydrogens is 186 g/mol. The fourth-order valence-electron chi connectivity index (χ4n) is 2.98. The topological polar surface area (TPSA) is 32.0 Å². The van der Waals surface area contributed by atoms with Crippen LogP contribution in [0.1, 0.15) is 31.0 Å². The molecule has 3 heteroatoms. The van der Waals surface area contributed by atoms with Gasteiger partial charge in [0.2, 0.25) is 0 Å². The van der Waals surface area contributed by atoms with Crippen molar-refractivity contribution in [3.8, 4) is 6.07 Å². The number of fused-ring (bicyclic) bond motifs is 3. The molecule has 1 saturated heterocycles. The third kappa shape index (κ3) is 1.29. The summed E-state index contributed by atoms with van der Waals surface area (Å²) in [4.78, 5) is 2.39.